The van der Waals surface area contributed by atoms with E-state index in [-0.39, 0.29) is 56.0 Å². The van der Waals surface area contributed by atoms with Crippen LogP contribution in [0, 0.1) is 0 Å². The second-order valence-electron chi connectivity index (χ2n) is 14.7. The van der Waals surface area contributed by atoms with Gasteiger partial charge in [-0.05, 0) is 78.2 Å². The summed E-state index contributed by atoms with van der Waals surface area (Å²) in [6.45, 7) is 1.14. The molecule has 28 nitrogen and oxygen atoms in total. The van der Waals surface area contributed by atoms with Crippen molar-refractivity contribution in [3.8, 4) is 17.2 Å². The summed E-state index contributed by atoms with van der Waals surface area (Å²) in [5.41, 5.74) is 8.67. The van der Waals surface area contributed by atoms with E-state index >= 15 is 0 Å². The molecule has 71 heavy (non-hydrogen) atoms. The highest BCUT2D eigenvalue weighted by molar-refractivity contribution is 7.86. The van der Waals surface area contributed by atoms with Gasteiger partial charge in [0.15, 0.2) is 5.71 Å². The van der Waals surface area contributed by atoms with E-state index in [1.54, 1.807) is 0 Å². The molecule has 0 fully saturated rings. The SMILES string of the molecule is COc1cc(NNc2ccc(S(=O)(=O)O)c3cc(S(=O)(=O)O)cc(O)c23)c(NC(C)=O)cc1NNc1c(S(=O)(=O)O)cc2cc(N=NC3C(=O)N(c4ccc(S(=O)(=O)O)cc4)N=C3C(=O)O)ccc2c1O. The summed E-state index contributed by atoms with van der Waals surface area (Å²) >= 11 is 0. The molecule has 0 aliphatic carbocycles. The Morgan fingerprint density at radius 3 is 1.90 bits per heavy atom. The number of aliphatic carboxylic acids is 1. The predicted molar refractivity (Wildman–Crippen MR) is 250 cm³/mol. The van der Waals surface area contributed by atoms with Crippen molar-refractivity contribution in [1.29, 1.82) is 0 Å². The van der Waals surface area contributed by atoms with Gasteiger partial charge in [0, 0.05) is 35.2 Å². The van der Waals surface area contributed by atoms with Gasteiger partial charge in [-0.15, -0.1) is 0 Å². The summed E-state index contributed by atoms with van der Waals surface area (Å²) in [7, 11) is -18.6. The van der Waals surface area contributed by atoms with Crippen molar-refractivity contribution in [3.05, 3.63) is 84.9 Å². The average molecular weight is 1060 g/mol. The molecule has 0 saturated carbocycles. The second kappa shape index (κ2) is 18.6. The van der Waals surface area contributed by atoms with Gasteiger partial charge in [0.05, 0.1) is 51.0 Å². The fraction of sp³-hybridized carbons (Fsp3) is 0.0769. The fourth-order valence-corrected chi connectivity index (χ4v) is 9.28. The Morgan fingerprint density at radius 2 is 1.31 bits per heavy atom. The van der Waals surface area contributed by atoms with Gasteiger partial charge in [-0.3, -0.25) is 44.1 Å². The first-order chi connectivity index (χ1) is 33.1. The van der Waals surface area contributed by atoms with Gasteiger partial charge in [0.2, 0.25) is 11.9 Å². The van der Waals surface area contributed by atoms with Crippen LogP contribution >= 0.6 is 0 Å². The second-order valence-corrected chi connectivity index (χ2v) is 20.3. The number of ether oxygens (including phenoxy) is 1. The number of benzene rings is 6. The zero-order valence-corrected chi connectivity index (χ0v) is 38.9. The summed E-state index contributed by atoms with van der Waals surface area (Å²) in [6, 6.07) is 12.5. The standard InChI is InChI=1S/C39H33N9O19S4/c1-17(49)40-26-15-28(30(67-2)16-27(26)43-42-25-9-10-31(70(61,62)63)24-13-22(69(58,59)60)14-29(50)33(24)25)44-45-34-32(71(64,65)66)12-18-11-19(3-8-23(18)37(34)51)41-46-35-36(39(53)54)47-48(38(35)52)20-4-6-21(7-5-20)68(55,56)57/h3-16,35,42-45,50-51H,1-2H3,(H,40,49)(H,53,54)(H,55,56,57)(H,58,59,60)(H,61,62,63)(H,64,65,66). The number of hydrazine groups is 2. The molecule has 1 aliphatic heterocycles. The summed E-state index contributed by atoms with van der Waals surface area (Å²) in [5.74, 6) is -5.00. The molecule has 32 heteroatoms. The maximum atomic E-state index is 13.3. The van der Waals surface area contributed by atoms with Crippen molar-refractivity contribution < 1.29 is 86.3 Å². The van der Waals surface area contributed by atoms with Crippen LogP contribution in [-0.4, -0.2) is 104 Å². The molecule has 1 heterocycles. The largest absolute Gasteiger partial charge is 0.507 e. The number of aromatic hydroxyl groups is 2. The van der Waals surface area contributed by atoms with Gasteiger partial charge in [-0.1, -0.05) is 0 Å². The molecule has 372 valence electrons. The van der Waals surface area contributed by atoms with E-state index in [2.05, 4.69) is 42.3 Å². The minimum atomic E-state index is -5.19. The van der Waals surface area contributed by atoms with Gasteiger partial charge < -0.3 is 30.8 Å². The topological polar surface area (TPSA) is 439 Å². The minimum Gasteiger partial charge on any atom is -0.507 e. The predicted octanol–water partition coefficient (Wildman–Crippen LogP) is 4.18. The molecular weight excluding hydrogens is 1030 g/mol. The maximum absolute atomic E-state index is 13.3. The lowest BCUT2D eigenvalue weighted by molar-refractivity contribution is -0.130. The molecule has 0 aromatic heterocycles. The number of phenolic OH excluding ortho intramolecular Hbond substituents is 2. The zero-order valence-electron chi connectivity index (χ0n) is 35.6. The molecule has 2 amide bonds. The van der Waals surface area contributed by atoms with E-state index in [0.717, 1.165) is 49.4 Å². The van der Waals surface area contributed by atoms with Gasteiger partial charge in [0.1, 0.15) is 32.7 Å². The number of hydrogen-bond donors (Lipinski definition) is 12. The van der Waals surface area contributed by atoms with Crippen LogP contribution in [0.3, 0.4) is 0 Å². The Morgan fingerprint density at radius 1 is 0.676 bits per heavy atom. The van der Waals surface area contributed by atoms with Crippen molar-refractivity contribution in [2.45, 2.75) is 32.5 Å². The number of carboxylic acid groups (broad SMARTS) is 1. The van der Waals surface area contributed by atoms with Crippen LogP contribution in [0.15, 0.2) is 120 Å². The van der Waals surface area contributed by atoms with Gasteiger partial charge in [0.25, 0.3) is 46.4 Å². The summed E-state index contributed by atoms with van der Waals surface area (Å²) in [6.07, 6.45) is 0. The van der Waals surface area contributed by atoms with Crippen molar-refractivity contribution in [3.63, 3.8) is 0 Å². The highest BCUT2D eigenvalue weighted by Gasteiger charge is 2.41. The van der Waals surface area contributed by atoms with Crippen LogP contribution in [0.4, 0.5) is 39.8 Å². The van der Waals surface area contributed by atoms with E-state index in [1.165, 1.54) is 37.4 Å². The Balaban J connectivity index is 1.18. The minimum absolute atomic E-state index is 0.00191. The molecule has 6 aromatic rings. The number of anilines is 6. The van der Waals surface area contributed by atoms with Gasteiger partial charge >= 0.3 is 5.97 Å². The van der Waals surface area contributed by atoms with E-state index < -0.39 is 112 Å². The van der Waals surface area contributed by atoms with Gasteiger partial charge in [-0.2, -0.15) is 54.0 Å². The number of azo groups is 1. The monoisotopic (exact) mass is 1060 g/mol. The van der Waals surface area contributed by atoms with Crippen molar-refractivity contribution in [1.82, 2.24) is 0 Å². The number of fused-ring (bicyclic) bond motifs is 2. The number of hydrazone groups is 1. The van der Waals surface area contributed by atoms with Crippen LogP contribution in [-0.2, 0) is 54.9 Å². The Bertz CT molecular complexity index is 3800. The van der Waals surface area contributed by atoms with Crippen LogP contribution in [0.2, 0.25) is 0 Å². The lowest BCUT2D eigenvalue weighted by atomic mass is 10.1. The number of carbonyl (C=O) groups is 3. The molecule has 0 spiro atoms. The van der Waals surface area contributed by atoms with Crippen molar-refractivity contribution in [2.24, 2.45) is 15.3 Å². The Kier molecular flexibility index (Phi) is 13.3. The lowest BCUT2D eigenvalue weighted by Gasteiger charge is -2.21. The fourth-order valence-electron chi connectivity index (χ4n) is 6.91. The number of nitrogens with zero attached hydrogens (tertiary/aromatic N) is 4. The van der Waals surface area contributed by atoms with E-state index in [9.17, 15) is 81.6 Å². The number of rotatable bonds is 16. The highest BCUT2D eigenvalue weighted by atomic mass is 32.2. The van der Waals surface area contributed by atoms with Gasteiger partial charge in [-0.25, -0.2) is 4.79 Å². The molecule has 1 unspecified atom stereocenters. The first-order valence-corrected chi connectivity index (χ1v) is 25.0. The molecule has 1 aliphatic rings. The van der Waals surface area contributed by atoms with Crippen molar-refractivity contribution in [2.75, 3.05) is 39.1 Å². The smallest absolute Gasteiger partial charge is 0.355 e. The molecule has 0 saturated heterocycles. The molecule has 0 bridgehead atoms. The zero-order chi connectivity index (χ0) is 52.1. The molecule has 12 N–H and O–H groups in total. The maximum Gasteiger partial charge on any atom is 0.355 e. The number of carboxylic acids is 1. The number of nitrogens with one attached hydrogen (secondary N) is 5. The van der Waals surface area contributed by atoms with Crippen LogP contribution < -0.4 is 36.8 Å². The normalized spacial score (nSPS) is 14.4. The number of phenols is 2. The van der Waals surface area contributed by atoms with Crippen molar-refractivity contribution >= 4 is 125 Å². The average Bonchev–Trinajstić information content (AvgIpc) is 3.61. The quantitative estimate of drug-likeness (QED) is 0.0280. The Labute approximate surface area is 399 Å². The first kappa shape index (κ1) is 50.6. The third-order valence-corrected chi connectivity index (χ3v) is 13.5. The van der Waals surface area contributed by atoms with E-state index in [0.29, 0.717) is 17.1 Å². The number of hydrogen-bond acceptors (Lipinski definition) is 21. The summed E-state index contributed by atoms with van der Waals surface area (Å²) < 4.78 is 141. The molecule has 7 rings (SSSR count). The van der Waals surface area contributed by atoms with E-state index in [4.69, 9.17) is 4.74 Å². The first-order valence-electron chi connectivity index (χ1n) is 19.3. The molecule has 1 atom stereocenters. The molecule has 0 radical (unpaired) electrons. The molecular formula is C39H33N9O19S4. The number of amides is 2. The van der Waals surface area contributed by atoms with Crippen LogP contribution in [0.25, 0.3) is 21.5 Å². The number of methoxy groups -OCH3 is 1. The van der Waals surface area contributed by atoms with Crippen LogP contribution in [0.1, 0.15) is 6.92 Å². The Hall–Kier alpha value is -8.24. The number of carbonyl (C=O) groups excluding carboxylic acids is 2. The third-order valence-electron chi connectivity index (χ3n) is 10.0. The highest BCUT2D eigenvalue weighted by Crippen LogP contribution is 2.43. The molecule has 6 aromatic carbocycles. The third kappa shape index (κ3) is 10.5. The van der Waals surface area contributed by atoms with E-state index in [1.807, 2.05) is 0 Å². The lowest BCUT2D eigenvalue weighted by Crippen LogP contribution is -2.33. The van der Waals surface area contributed by atoms with Crippen LogP contribution in [0.5, 0.6) is 17.2 Å². The summed E-state index contributed by atoms with van der Waals surface area (Å²) in [4.78, 5) is 34.5. The summed E-state index contributed by atoms with van der Waals surface area (Å²) in [5, 5.41) is 45.6.